The lowest BCUT2D eigenvalue weighted by Gasteiger charge is -2.12. The third-order valence-corrected chi connectivity index (χ3v) is 4.75. The number of furan rings is 1. The van der Waals surface area contributed by atoms with Crippen LogP contribution in [-0.2, 0) is 0 Å². The largest absolute Gasteiger partial charge is 0.493 e. The van der Waals surface area contributed by atoms with Gasteiger partial charge in [0.05, 0.1) is 38.6 Å². The fraction of sp³-hybridized carbons (Fsp3) is 0.136. The molecule has 1 amide bonds. The number of carbonyl (C=O) groups is 1. The van der Waals surface area contributed by atoms with E-state index in [-0.39, 0.29) is 17.5 Å². The summed E-state index contributed by atoms with van der Waals surface area (Å²) >= 11 is 0. The zero-order valence-electron chi connectivity index (χ0n) is 18.2. The van der Waals surface area contributed by atoms with Gasteiger partial charge < -0.3 is 28.5 Å². The molecule has 0 saturated carbocycles. The topological polar surface area (TPSA) is 152 Å². The summed E-state index contributed by atoms with van der Waals surface area (Å²) in [5.41, 5.74) is 1.32. The Morgan fingerprint density at radius 2 is 1.74 bits per heavy atom. The SMILES string of the molecule is COc1cc(-c2noc(-c3ccccc3NC(=O)c3ccc([N+](=O)[O-])o3)n2)cc(OC)c1OC. The van der Waals surface area contributed by atoms with Crippen LogP contribution in [0.4, 0.5) is 11.6 Å². The quantitative estimate of drug-likeness (QED) is 0.295. The van der Waals surface area contributed by atoms with Crippen molar-refractivity contribution in [3.8, 4) is 40.1 Å². The highest BCUT2D eigenvalue weighted by Crippen LogP contribution is 2.41. The van der Waals surface area contributed by atoms with E-state index in [1.165, 1.54) is 27.4 Å². The van der Waals surface area contributed by atoms with E-state index in [0.717, 1.165) is 6.07 Å². The first-order valence-electron chi connectivity index (χ1n) is 9.74. The fourth-order valence-electron chi connectivity index (χ4n) is 3.17. The molecule has 2 heterocycles. The maximum Gasteiger partial charge on any atom is 0.433 e. The van der Waals surface area contributed by atoms with Crippen molar-refractivity contribution < 1.29 is 32.9 Å². The summed E-state index contributed by atoms with van der Waals surface area (Å²) in [7, 11) is 4.49. The number of nitrogens with one attached hydrogen (secondary N) is 1. The second-order valence-corrected chi connectivity index (χ2v) is 6.73. The highest BCUT2D eigenvalue weighted by atomic mass is 16.6. The van der Waals surface area contributed by atoms with Crippen LogP contribution in [0.1, 0.15) is 10.6 Å². The monoisotopic (exact) mass is 466 g/mol. The summed E-state index contributed by atoms with van der Waals surface area (Å²) in [4.78, 5) is 27.0. The zero-order valence-corrected chi connectivity index (χ0v) is 18.2. The van der Waals surface area contributed by atoms with Crippen LogP contribution in [0.15, 0.2) is 57.5 Å². The van der Waals surface area contributed by atoms with Gasteiger partial charge in [0.15, 0.2) is 17.3 Å². The predicted octanol–water partition coefficient (Wildman–Crippen LogP) is 4.18. The van der Waals surface area contributed by atoms with Gasteiger partial charge in [-0.15, -0.1) is 0 Å². The Bertz CT molecular complexity index is 1340. The van der Waals surface area contributed by atoms with Gasteiger partial charge in [0, 0.05) is 5.56 Å². The fourth-order valence-corrected chi connectivity index (χ4v) is 3.17. The first-order chi connectivity index (χ1) is 16.4. The third kappa shape index (κ3) is 4.24. The van der Waals surface area contributed by atoms with Gasteiger partial charge in [-0.2, -0.15) is 4.98 Å². The van der Waals surface area contributed by atoms with Crippen molar-refractivity contribution in [2.75, 3.05) is 26.6 Å². The summed E-state index contributed by atoms with van der Waals surface area (Å²) in [5, 5.41) is 17.5. The van der Waals surface area contributed by atoms with E-state index in [9.17, 15) is 14.9 Å². The number of ether oxygens (including phenoxy) is 3. The molecule has 12 nitrogen and oxygen atoms in total. The van der Waals surface area contributed by atoms with Crippen molar-refractivity contribution in [2.45, 2.75) is 0 Å². The molecule has 174 valence electrons. The molecule has 4 rings (SSSR count). The number of para-hydroxylation sites is 1. The van der Waals surface area contributed by atoms with Crippen molar-refractivity contribution in [1.82, 2.24) is 10.1 Å². The first-order valence-corrected chi connectivity index (χ1v) is 9.74. The Morgan fingerprint density at radius 1 is 1.03 bits per heavy atom. The number of anilines is 1. The lowest BCUT2D eigenvalue weighted by molar-refractivity contribution is -0.402. The van der Waals surface area contributed by atoms with Gasteiger partial charge in [-0.25, -0.2) is 0 Å². The van der Waals surface area contributed by atoms with E-state index < -0.39 is 16.7 Å². The van der Waals surface area contributed by atoms with Gasteiger partial charge in [-0.1, -0.05) is 17.3 Å². The van der Waals surface area contributed by atoms with Crippen LogP contribution < -0.4 is 19.5 Å². The molecule has 0 bridgehead atoms. The van der Waals surface area contributed by atoms with Crippen molar-refractivity contribution >= 4 is 17.5 Å². The molecule has 0 spiro atoms. The molecule has 2 aromatic heterocycles. The highest BCUT2D eigenvalue weighted by Gasteiger charge is 2.21. The number of methoxy groups -OCH3 is 3. The van der Waals surface area contributed by atoms with E-state index in [1.54, 1.807) is 36.4 Å². The molecule has 1 N–H and O–H groups in total. The number of benzene rings is 2. The summed E-state index contributed by atoms with van der Waals surface area (Å²) in [5.74, 6) is 0.206. The van der Waals surface area contributed by atoms with Gasteiger partial charge in [0.1, 0.15) is 4.92 Å². The van der Waals surface area contributed by atoms with Crippen molar-refractivity contribution in [1.29, 1.82) is 0 Å². The number of hydrogen-bond donors (Lipinski definition) is 1. The maximum atomic E-state index is 12.5. The van der Waals surface area contributed by atoms with Crippen LogP contribution in [0.5, 0.6) is 17.2 Å². The molecule has 0 fully saturated rings. The molecule has 2 aromatic carbocycles. The molecule has 34 heavy (non-hydrogen) atoms. The van der Waals surface area contributed by atoms with Crippen molar-refractivity contribution in [3.63, 3.8) is 0 Å². The van der Waals surface area contributed by atoms with Gasteiger partial charge >= 0.3 is 5.88 Å². The lowest BCUT2D eigenvalue weighted by Crippen LogP contribution is -2.11. The van der Waals surface area contributed by atoms with Crippen LogP contribution in [0, 0.1) is 10.1 Å². The molecule has 0 aliphatic heterocycles. The number of nitro groups is 1. The van der Waals surface area contributed by atoms with Crippen LogP contribution in [0.3, 0.4) is 0 Å². The number of rotatable bonds is 8. The Kier molecular flexibility index (Phi) is 6.12. The van der Waals surface area contributed by atoms with E-state index in [2.05, 4.69) is 15.5 Å². The normalized spacial score (nSPS) is 10.6. The molecule has 4 aromatic rings. The van der Waals surface area contributed by atoms with Crippen molar-refractivity contribution in [2.24, 2.45) is 0 Å². The summed E-state index contributed by atoms with van der Waals surface area (Å²) in [6, 6.07) is 12.4. The van der Waals surface area contributed by atoms with Crippen LogP contribution in [-0.4, -0.2) is 42.3 Å². The van der Waals surface area contributed by atoms with Gasteiger partial charge in [-0.3, -0.25) is 14.9 Å². The molecule has 0 saturated heterocycles. The zero-order chi connectivity index (χ0) is 24.2. The average molecular weight is 466 g/mol. The predicted molar refractivity (Wildman–Crippen MR) is 118 cm³/mol. The highest BCUT2D eigenvalue weighted by molar-refractivity contribution is 6.04. The Morgan fingerprint density at radius 3 is 2.35 bits per heavy atom. The average Bonchev–Trinajstić information content (AvgIpc) is 3.54. The minimum Gasteiger partial charge on any atom is -0.493 e. The second kappa shape index (κ2) is 9.32. The smallest absolute Gasteiger partial charge is 0.433 e. The van der Waals surface area contributed by atoms with E-state index in [1.807, 2.05) is 0 Å². The minimum atomic E-state index is -0.728. The number of carbonyl (C=O) groups excluding carboxylic acids is 1. The second-order valence-electron chi connectivity index (χ2n) is 6.73. The summed E-state index contributed by atoms with van der Waals surface area (Å²) < 4.78 is 26.4. The van der Waals surface area contributed by atoms with Crippen LogP contribution >= 0.6 is 0 Å². The van der Waals surface area contributed by atoms with E-state index in [4.69, 9.17) is 23.2 Å². The minimum absolute atomic E-state index is 0.130. The number of nitrogens with zero attached hydrogens (tertiary/aromatic N) is 3. The van der Waals surface area contributed by atoms with Crippen LogP contribution in [0.2, 0.25) is 0 Å². The molecular weight excluding hydrogens is 448 g/mol. The summed E-state index contributed by atoms with van der Waals surface area (Å²) in [6.45, 7) is 0. The molecule has 12 heteroatoms. The van der Waals surface area contributed by atoms with Gasteiger partial charge in [-0.05, 0) is 30.3 Å². The molecule has 0 unspecified atom stereocenters. The number of aromatic nitrogens is 2. The van der Waals surface area contributed by atoms with E-state index in [0.29, 0.717) is 34.1 Å². The molecule has 0 aliphatic carbocycles. The molecular formula is C22H18N4O8. The Balaban J connectivity index is 1.65. The van der Waals surface area contributed by atoms with Gasteiger partial charge in [0.2, 0.25) is 11.6 Å². The standard InChI is InChI=1S/C22H18N4O8/c1-30-16-10-12(11-17(31-2)19(16)32-3)20-24-22(34-25-20)13-6-4-5-7-14(13)23-21(27)15-8-9-18(33-15)26(28)29/h4-11H,1-3H3,(H,23,27). The molecule has 0 aliphatic rings. The Hall–Kier alpha value is -4.87. The summed E-state index contributed by atoms with van der Waals surface area (Å²) in [6.07, 6.45) is 0. The third-order valence-electron chi connectivity index (χ3n) is 4.75. The van der Waals surface area contributed by atoms with Crippen LogP contribution in [0.25, 0.3) is 22.8 Å². The van der Waals surface area contributed by atoms with Gasteiger partial charge in [0.25, 0.3) is 11.8 Å². The van der Waals surface area contributed by atoms with Crippen molar-refractivity contribution in [3.05, 3.63) is 64.4 Å². The van der Waals surface area contributed by atoms with E-state index >= 15 is 0 Å². The maximum absolute atomic E-state index is 12.5. The number of hydrogen-bond acceptors (Lipinski definition) is 10. The molecule has 0 atom stereocenters. The molecule has 0 radical (unpaired) electrons. The Labute approximate surface area is 192 Å². The number of amides is 1. The lowest BCUT2D eigenvalue weighted by atomic mass is 10.1. The first kappa shape index (κ1) is 22.3.